The molecule has 2 aliphatic rings. The van der Waals surface area contributed by atoms with E-state index in [2.05, 4.69) is 11.9 Å². The van der Waals surface area contributed by atoms with Crippen LogP contribution in [0.3, 0.4) is 0 Å². The van der Waals surface area contributed by atoms with Crippen LogP contribution in [-0.2, 0) is 0 Å². The van der Waals surface area contributed by atoms with Gasteiger partial charge in [0.25, 0.3) is 0 Å². The maximum absolute atomic E-state index is 12.6. The molecular weight excluding hydrogens is 255 g/mol. The van der Waals surface area contributed by atoms with E-state index >= 15 is 0 Å². The molecule has 0 saturated carbocycles. The van der Waals surface area contributed by atoms with Crippen molar-refractivity contribution >= 4 is 0 Å². The van der Waals surface area contributed by atoms with Crippen LogP contribution in [0.25, 0.3) is 0 Å². The molecule has 2 saturated heterocycles. The van der Waals surface area contributed by atoms with Gasteiger partial charge in [0.2, 0.25) is 0 Å². The Morgan fingerprint density at radius 3 is 2.68 bits per heavy atom. The number of likely N-dealkylation sites (tertiary alicyclic amines) is 2. The van der Waals surface area contributed by atoms with Crippen LogP contribution in [0.5, 0.6) is 0 Å². The molecular formula is C13H20F3N3. The number of nitriles is 1. The second-order valence-electron chi connectivity index (χ2n) is 5.72. The summed E-state index contributed by atoms with van der Waals surface area (Å²) in [7, 11) is 2.10. The fourth-order valence-electron chi connectivity index (χ4n) is 3.37. The monoisotopic (exact) mass is 275 g/mol. The highest BCUT2D eigenvalue weighted by atomic mass is 19.4. The summed E-state index contributed by atoms with van der Waals surface area (Å²) in [5, 5.41) is 8.66. The van der Waals surface area contributed by atoms with Gasteiger partial charge in [-0.15, -0.1) is 0 Å². The molecule has 2 heterocycles. The van der Waals surface area contributed by atoms with Gasteiger partial charge in [0.05, 0.1) is 6.07 Å². The molecule has 2 fully saturated rings. The van der Waals surface area contributed by atoms with Gasteiger partial charge in [-0.3, -0.25) is 0 Å². The Labute approximate surface area is 112 Å². The molecule has 0 aromatic rings. The molecule has 6 heteroatoms. The first kappa shape index (κ1) is 14.6. The molecule has 3 atom stereocenters. The summed E-state index contributed by atoms with van der Waals surface area (Å²) in [5.41, 5.74) is 0. The fraction of sp³-hybridized carbons (Fsp3) is 0.923. The Bertz CT molecular complexity index is 350. The lowest BCUT2D eigenvalue weighted by molar-refractivity contribution is -0.164. The van der Waals surface area contributed by atoms with Crippen LogP contribution in [0.1, 0.15) is 19.3 Å². The van der Waals surface area contributed by atoms with Crippen LogP contribution in [-0.4, -0.2) is 55.2 Å². The lowest BCUT2D eigenvalue weighted by atomic mass is 9.84. The normalized spacial score (nSPS) is 31.5. The molecule has 2 aliphatic heterocycles. The summed E-state index contributed by atoms with van der Waals surface area (Å²) in [6.07, 6.45) is -1.28. The van der Waals surface area contributed by atoms with E-state index in [4.69, 9.17) is 5.26 Å². The highest BCUT2D eigenvalue weighted by Crippen LogP contribution is 2.32. The average Bonchev–Trinajstić information content (AvgIpc) is 2.34. The van der Waals surface area contributed by atoms with Crippen LogP contribution in [0.2, 0.25) is 0 Å². The van der Waals surface area contributed by atoms with Gasteiger partial charge in [0.15, 0.2) is 5.92 Å². The summed E-state index contributed by atoms with van der Waals surface area (Å²) >= 11 is 0. The molecule has 108 valence electrons. The average molecular weight is 275 g/mol. The van der Waals surface area contributed by atoms with Crippen molar-refractivity contribution in [2.45, 2.75) is 31.5 Å². The fourth-order valence-corrected chi connectivity index (χ4v) is 3.37. The SMILES string of the molecule is CN1CCCC2CN(CC(C#N)C(F)(F)F)CCC21. The molecule has 2 rings (SSSR count). The minimum atomic E-state index is -4.41. The standard InChI is InChI=1S/C13H20F3N3/c1-18-5-2-3-10-8-19(6-4-12(10)18)9-11(7-17)13(14,15)16/h10-12H,2-6,8-9H2,1H3. The molecule has 19 heavy (non-hydrogen) atoms. The van der Waals surface area contributed by atoms with Gasteiger partial charge in [-0.1, -0.05) is 0 Å². The minimum Gasteiger partial charge on any atom is -0.303 e. The molecule has 3 unspecified atom stereocenters. The Morgan fingerprint density at radius 1 is 1.32 bits per heavy atom. The summed E-state index contributed by atoms with van der Waals surface area (Å²) in [4.78, 5) is 4.15. The predicted octanol–water partition coefficient (Wildman–Crippen LogP) is 2.10. The number of rotatable bonds is 2. The van der Waals surface area contributed by atoms with Crippen molar-refractivity contribution in [1.29, 1.82) is 5.26 Å². The maximum atomic E-state index is 12.6. The zero-order chi connectivity index (χ0) is 14.0. The third-order valence-electron chi connectivity index (χ3n) is 4.42. The van der Waals surface area contributed by atoms with Crippen molar-refractivity contribution in [3.63, 3.8) is 0 Å². The molecule has 0 spiro atoms. The summed E-state index contributed by atoms with van der Waals surface area (Å²) in [6.45, 7) is 2.28. The van der Waals surface area contributed by atoms with Gasteiger partial charge < -0.3 is 9.80 Å². The smallest absolute Gasteiger partial charge is 0.303 e. The first-order valence-corrected chi connectivity index (χ1v) is 6.80. The van der Waals surface area contributed by atoms with E-state index in [0.717, 1.165) is 25.8 Å². The minimum absolute atomic E-state index is 0.174. The quantitative estimate of drug-likeness (QED) is 0.773. The van der Waals surface area contributed by atoms with Gasteiger partial charge in [0, 0.05) is 19.1 Å². The van der Waals surface area contributed by atoms with Crippen LogP contribution >= 0.6 is 0 Å². The van der Waals surface area contributed by atoms with E-state index < -0.39 is 12.1 Å². The van der Waals surface area contributed by atoms with Crippen molar-refractivity contribution < 1.29 is 13.2 Å². The zero-order valence-electron chi connectivity index (χ0n) is 11.2. The van der Waals surface area contributed by atoms with E-state index in [1.165, 1.54) is 6.07 Å². The van der Waals surface area contributed by atoms with Crippen LogP contribution in [0, 0.1) is 23.2 Å². The Kier molecular flexibility index (Phi) is 4.36. The Balaban J connectivity index is 1.92. The van der Waals surface area contributed by atoms with Gasteiger partial charge in [-0.25, -0.2) is 0 Å². The number of alkyl halides is 3. The lowest BCUT2D eigenvalue weighted by Gasteiger charge is -2.46. The number of piperidine rings is 2. The highest BCUT2D eigenvalue weighted by Gasteiger charge is 2.42. The van der Waals surface area contributed by atoms with Gasteiger partial charge in [-0.05, 0) is 45.3 Å². The van der Waals surface area contributed by atoms with E-state index in [-0.39, 0.29) is 6.54 Å². The molecule has 0 bridgehead atoms. The number of fused-ring (bicyclic) bond motifs is 1. The van der Waals surface area contributed by atoms with Crippen molar-refractivity contribution in [1.82, 2.24) is 9.80 Å². The van der Waals surface area contributed by atoms with Crippen molar-refractivity contribution in [3.8, 4) is 6.07 Å². The van der Waals surface area contributed by atoms with E-state index in [9.17, 15) is 13.2 Å². The second-order valence-corrected chi connectivity index (χ2v) is 5.72. The molecule has 0 aromatic heterocycles. The van der Waals surface area contributed by atoms with Gasteiger partial charge in [0.1, 0.15) is 0 Å². The number of hydrogen-bond acceptors (Lipinski definition) is 3. The van der Waals surface area contributed by atoms with Crippen molar-refractivity contribution in [2.24, 2.45) is 11.8 Å². The predicted molar refractivity (Wildman–Crippen MR) is 65.4 cm³/mol. The number of nitrogens with zero attached hydrogens (tertiary/aromatic N) is 3. The molecule has 0 aromatic carbocycles. The number of halogens is 3. The summed E-state index contributed by atoms with van der Waals surface area (Å²) in [6, 6.07) is 1.90. The zero-order valence-corrected chi connectivity index (χ0v) is 11.2. The molecule has 3 nitrogen and oxygen atoms in total. The maximum Gasteiger partial charge on any atom is 0.405 e. The van der Waals surface area contributed by atoms with Gasteiger partial charge in [-0.2, -0.15) is 18.4 Å². The third-order valence-corrected chi connectivity index (χ3v) is 4.42. The van der Waals surface area contributed by atoms with E-state index in [1.807, 2.05) is 4.90 Å². The summed E-state index contributed by atoms with van der Waals surface area (Å²) < 4.78 is 37.8. The van der Waals surface area contributed by atoms with Crippen molar-refractivity contribution in [3.05, 3.63) is 0 Å². The molecule has 0 radical (unpaired) electrons. The largest absolute Gasteiger partial charge is 0.405 e. The topological polar surface area (TPSA) is 30.3 Å². The lowest BCUT2D eigenvalue weighted by Crippen LogP contribution is -2.53. The summed E-state index contributed by atoms with van der Waals surface area (Å²) in [5.74, 6) is -1.40. The van der Waals surface area contributed by atoms with Crippen LogP contribution < -0.4 is 0 Å². The Hall–Kier alpha value is -0.800. The molecule has 0 N–H and O–H groups in total. The molecule has 0 aliphatic carbocycles. The second kappa shape index (κ2) is 5.68. The van der Waals surface area contributed by atoms with Crippen LogP contribution in [0.15, 0.2) is 0 Å². The Morgan fingerprint density at radius 2 is 2.05 bits per heavy atom. The van der Waals surface area contributed by atoms with Gasteiger partial charge >= 0.3 is 6.18 Å². The van der Waals surface area contributed by atoms with E-state index in [0.29, 0.717) is 25.0 Å². The van der Waals surface area contributed by atoms with Crippen LogP contribution in [0.4, 0.5) is 13.2 Å². The van der Waals surface area contributed by atoms with E-state index in [1.54, 1.807) is 0 Å². The first-order chi connectivity index (χ1) is 8.91. The number of hydrogen-bond donors (Lipinski definition) is 0. The molecule has 0 amide bonds. The third kappa shape index (κ3) is 3.40. The highest BCUT2D eigenvalue weighted by molar-refractivity contribution is 4.94. The van der Waals surface area contributed by atoms with Crippen molar-refractivity contribution in [2.75, 3.05) is 33.2 Å². The first-order valence-electron chi connectivity index (χ1n) is 6.80.